The zero-order valence-corrected chi connectivity index (χ0v) is 38.9. The van der Waals surface area contributed by atoms with Gasteiger partial charge in [-0.2, -0.15) is 4.40 Å². The molecule has 0 radical (unpaired) electrons. The van der Waals surface area contributed by atoms with Crippen LogP contribution in [0.15, 0.2) is 109 Å². The van der Waals surface area contributed by atoms with Crippen molar-refractivity contribution in [2.45, 2.75) is 108 Å². The average molecular weight is 901 g/mol. The first-order chi connectivity index (χ1) is 30.8. The number of nitrogens with zero attached hydrogens (tertiary/aromatic N) is 9. The van der Waals surface area contributed by atoms with Crippen molar-refractivity contribution in [3.05, 3.63) is 121 Å². The van der Waals surface area contributed by atoms with E-state index >= 15 is 0 Å². The smallest absolute Gasteiger partial charge is 0.165 e. The van der Waals surface area contributed by atoms with E-state index in [9.17, 15) is 8.42 Å². The lowest BCUT2D eigenvalue weighted by atomic mass is 9.98. The van der Waals surface area contributed by atoms with Gasteiger partial charge in [0.25, 0.3) is 0 Å². The van der Waals surface area contributed by atoms with Crippen LogP contribution in [0.2, 0.25) is 0 Å². The number of benzene rings is 3. The molecule has 0 spiro atoms. The number of fused-ring (bicyclic) bond motifs is 2. The number of ether oxygens (including phenoxy) is 2. The molecule has 0 saturated carbocycles. The van der Waals surface area contributed by atoms with Crippen LogP contribution in [0.1, 0.15) is 115 Å². The molecule has 5 atom stereocenters. The maximum atomic E-state index is 13.0. The average Bonchev–Trinajstić information content (AvgIpc) is 3.96. The van der Waals surface area contributed by atoms with Crippen LogP contribution in [0.5, 0.6) is 0 Å². The molecule has 2 aliphatic rings. The fourth-order valence-electron chi connectivity index (χ4n) is 7.52. The summed E-state index contributed by atoms with van der Waals surface area (Å²) in [6.07, 6.45) is 14.8. The highest BCUT2D eigenvalue weighted by molar-refractivity contribution is 7.85. The van der Waals surface area contributed by atoms with E-state index in [4.69, 9.17) is 9.47 Å². The molecule has 0 bridgehead atoms. The van der Waals surface area contributed by atoms with Crippen molar-refractivity contribution in [1.29, 1.82) is 0 Å². The highest BCUT2D eigenvalue weighted by atomic mass is 32.2. The monoisotopic (exact) mass is 900 g/mol. The van der Waals surface area contributed by atoms with E-state index in [0.29, 0.717) is 0 Å². The third-order valence-corrected chi connectivity index (χ3v) is 14.0. The van der Waals surface area contributed by atoms with E-state index in [-0.39, 0.29) is 28.0 Å². The normalized spacial score (nSPS) is 18.7. The van der Waals surface area contributed by atoms with Crippen LogP contribution < -0.4 is 4.72 Å². The fraction of sp³-hybridized carbons (Fsp3) is 0.396. The number of hydrogen-bond donors (Lipinski definition) is 1. The molecule has 4 aromatic heterocycles. The minimum atomic E-state index is -1.27. The number of hydrogen-bond acceptors (Lipinski definition) is 10. The van der Waals surface area contributed by atoms with Crippen molar-refractivity contribution >= 4 is 50.5 Å². The van der Waals surface area contributed by atoms with E-state index in [0.717, 1.165) is 113 Å². The molecule has 9 rings (SSSR count). The molecule has 7 aromatic rings. The first-order valence-corrected chi connectivity index (χ1v) is 24.1. The lowest BCUT2D eigenvalue weighted by molar-refractivity contribution is -0.0299. The van der Waals surface area contributed by atoms with Gasteiger partial charge in [-0.25, -0.2) is 43.0 Å². The van der Waals surface area contributed by atoms with E-state index < -0.39 is 22.0 Å². The van der Waals surface area contributed by atoms with Crippen molar-refractivity contribution in [2.75, 3.05) is 13.2 Å². The standard InChI is InChI=1S/C27H31N5O2S.C21H25N5O2S/c1-27(2,3)35(33)31-23(19-9-5-4-6-10-19)20-12-14-21(15-13-20)24-25-26(29-17-28-24)32(18-30-25)22-11-7-8-16-34-22;1-21(2,3)29(27)25-12-15-7-9-16(10-8-15)18-19-20(23-13-22-18)26(14-24-19)17-6-4-5-11-28-17/h4-6,9-10,12-15,17-18,22-23,31H,7-8,11,16H2,1-3H3;7-10,12-14,17H,4-6,11H2,1-3H3. The van der Waals surface area contributed by atoms with Gasteiger partial charge >= 0.3 is 0 Å². The summed E-state index contributed by atoms with van der Waals surface area (Å²) in [4.78, 5) is 27.2. The zero-order valence-electron chi connectivity index (χ0n) is 37.3. The van der Waals surface area contributed by atoms with Gasteiger partial charge in [-0.05, 0) is 96.8 Å². The maximum absolute atomic E-state index is 13.0. The van der Waals surface area contributed by atoms with Gasteiger partial charge in [0.05, 0.1) is 39.2 Å². The first kappa shape index (κ1) is 45.2. The van der Waals surface area contributed by atoms with Crippen molar-refractivity contribution in [2.24, 2.45) is 4.40 Å². The second-order valence-corrected chi connectivity index (χ2v) is 21.8. The second kappa shape index (κ2) is 19.8. The van der Waals surface area contributed by atoms with E-state index in [1.54, 1.807) is 25.2 Å². The van der Waals surface area contributed by atoms with Crippen LogP contribution in [-0.4, -0.2) is 76.4 Å². The van der Waals surface area contributed by atoms with Crippen LogP contribution in [0, 0.1) is 0 Å². The molecule has 2 fully saturated rings. The Morgan fingerprint density at radius 3 is 1.61 bits per heavy atom. The molecule has 2 aliphatic heterocycles. The summed E-state index contributed by atoms with van der Waals surface area (Å²) in [7, 11) is -2.50. The molecule has 334 valence electrons. The SMILES string of the molecule is CC(C)(C)S(=O)N=Cc1ccc(-c2ncnc3c2ncn3C2CCCCO2)cc1.CC(C)(C)S(=O)NC(c1ccccc1)c1ccc(-c2ncnc3c2ncn3C2CCCCO2)cc1. The van der Waals surface area contributed by atoms with Gasteiger partial charge in [0.1, 0.15) is 58.5 Å². The van der Waals surface area contributed by atoms with Crippen LogP contribution in [-0.2, 0) is 31.4 Å². The van der Waals surface area contributed by atoms with Crippen LogP contribution in [0.25, 0.3) is 44.8 Å². The van der Waals surface area contributed by atoms with Gasteiger partial charge in [0, 0.05) is 30.6 Å². The lowest BCUT2D eigenvalue weighted by Crippen LogP contribution is -2.36. The van der Waals surface area contributed by atoms with Gasteiger partial charge in [-0.15, -0.1) is 0 Å². The number of aromatic nitrogens is 8. The summed E-state index contributed by atoms with van der Waals surface area (Å²) in [5.41, 5.74) is 9.56. The Hall–Kier alpha value is -5.39. The Morgan fingerprint density at radius 2 is 1.14 bits per heavy atom. The molecule has 5 unspecified atom stereocenters. The summed E-state index contributed by atoms with van der Waals surface area (Å²) >= 11 is 0. The zero-order chi connectivity index (χ0) is 44.8. The highest BCUT2D eigenvalue weighted by Crippen LogP contribution is 2.33. The Balaban J connectivity index is 0.000000178. The molecule has 2 saturated heterocycles. The van der Waals surface area contributed by atoms with E-state index in [1.165, 1.54) is 0 Å². The first-order valence-electron chi connectivity index (χ1n) is 21.8. The molecule has 0 aliphatic carbocycles. The summed E-state index contributed by atoms with van der Waals surface area (Å²) in [5, 5.41) is 0. The van der Waals surface area contributed by atoms with Crippen molar-refractivity contribution in [3.63, 3.8) is 0 Å². The number of nitrogens with one attached hydrogen (secondary N) is 1. The molecular weight excluding hydrogens is 845 g/mol. The highest BCUT2D eigenvalue weighted by Gasteiger charge is 2.26. The minimum Gasteiger partial charge on any atom is -0.358 e. The van der Waals surface area contributed by atoms with Gasteiger partial charge in [0.15, 0.2) is 11.3 Å². The second-order valence-electron chi connectivity index (χ2n) is 17.9. The molecule has 6 heterocycles. The van der Waals surface area contributed by atoms with Crippen LogP contribution in [0.4, 0.5) is 0 Å². The van der Waals surface area contributed by atoms with Crippen LogP contribution >= 0.6 is 0 Å². The molecule has 0 amide bonds. The van der Waals surface area contributed by atoms with E-state index in [2.05, 4.69) is 63.3 Å². The molecule has 16 heteroatoms. The summed E-state index contributed by atoms with van der Waals surface area (Å²) < 4.78 is 47.6. The van der Waals surface area contributed by atoms with Crippen molar-refractivity contribution in [3.8, 4) is 22.5 Å². The summed E-state index contributed by atoms with van der Waals surface area (Å²) in [6.45, 7) is 13.2. The summed E-state index contributed by atoms with van der Waals surface area (Å²) in [5.74, 6) is 0. The van der Waals surface area contributed by atoms with Gasteiger partial charge < -0.3 is 9.47 Å². The Labute approximate surface area is 379 Å². The number of rotatable bonds is 10. The fourth-order valence-corrected chi connectivity index (χ4v) is 8.89. The molecular formula is C48H56N10O4S2. The van der Waals surface area contributed by atoms with Gasteiger partial charge in [-0.1, -0.05) is 78.9 Å². The number of imidazole rings is 2. The Kier molecular flexibility index (Phi) is 14.0. The largest absolute Gasteiger partial charge is 0.358 e. The quantitative estimate of drug-likeness (QED) is 0.131. The molecule has 14 nitrogen and oxygen atoms in total. The molecule has 3 aromatic carbocycles. The third-order valence-electron chi connectivity index (χ3n) is 11.1. The lowest BCUT2D eigenvalue weighted by Gasteiger charge is -2.25. The van der Waals surface area contributed by atoms with Gasteiger partial charge in [0.2, 0.25) is 0 Å². The maximum Gasteiger partial charge on any atom is 0.165 e. The van der Waals surface area contributed by atoms with Gasteiger partial charge in [-0.3, -0.25) is 9.13 Å². The van der Waals surface area contributed by atoms with Crippen molar-refractivity contribution in [1.82, 2.24) is 43.8 Å². The molecule has 1 N–H and O–H groups in total. The predicted octanol–water partition coefficient (Wildman–Crippen LogP) is 9.41. The van der Waals surface area contributed by atoms with E-state index in [1.807, 2.05) is 112 Å². The van der Waals surface area contributed by atoms with Crippen molar-refractivity contribution < 1.29 is 17.9 Å². The third kappa shape index (κ3) is 10.4. The Morgan fingerprint density at radius 1 is 0.641 bits per heavy atom. The topological polar surface area (TPSA) is 164 Å². The molecule has 64 heavy (non-hydrogen) atoms. The minimum absolute atomic E-state index is 0.0150. The predicted molar refractivity (Wildman–Crippen MR) is 254 cm³/mol. The Bertz CT molecular complexity index is 2730. The van der Waals surface area contributed by atoms with Crippen LogP contribution in [0.3, 0.4) is 0 Å². The summed E-state index contributed by atoms with van der Waals surface area (Å²) in [6, 6.07) is 25.9.